The lowest BCUT2D eigenvalue weighted by Gasteiger charge is -2.25. The average Bonchev–Trinajstić information content (AvgIpc) is 3.37. The second-order valence-electron chi connectivity index (χ2n) is 12.4. The Bertz CT molecular complexity index is 1660. The van der Waals surface area contributed by atoms with Gasteiger partial charge in [0.15, 0.2) is 0 Å². The van der Waals surface area contributed by atoms with Crippen LogP contribution in [0, 0.1) is 10.1 Å². The molecule has 45 heavy (non-hydrogen) atoms. The Morgan fingerprint density at radius 3 is 1.82 bits per heavy atom. The average molecular weight is 604 g/mol. The van der Waals surface area contributed by atoms with Crippen LogP contribution >= 0.6 is 0 Å². The van der Waals surface area contributed by atoms with Crippen LogP contribution in [0.4, 0.5) is 22.7 Å². The van der Waals surface area contributed by atoms with E-state index in [1.807, 2.05) is 30.3 Å². The standard InChI is InChI=1S/C40H49N3O2/c1-3-5-7-9-11-14-18-32-21-27-37-38-28-26-36(31-40(38)41(39(37)30-32)29-17-12-10-8-6-4-2)42(33-19-15-13-16-20-33)34-22-24-35(25-23-34)43(44)45/h13,15-16,19-28,30-31H,3-12,14,17-18,29H2,1-2H3. The van der Waals surface area contributed by atoms with Gasteiger partial charge in [-0.3, -0.25) is 10.1 Å². The zero-order valence-electron chi connectivity index (χ0n) is 27.2. The Morgan fingerprint density at radius 2 is 1.16 bits per heavy atom. The van der Waals surface area contributed by atoms with Gasteiger partial charge in [-0.25, -0.2) is 0 Å². The molecule has 0 bridgehead atoms. The van der Waals surface area contributed by atoms with Crippen LogP contribution in [-0.2, 0) is 13.0 Å². The van der Waals surface area contributed by atoms with Crippen molar-refractivity contribution in [1.29, 1.82) is 0 Å². The Labute approximate surface area is 269 Å². The smallest absolute Gasteiger partial charge is 0.269 e. The minimum atomic E-state index is -0.343. The number of anilines is 3. The summed E-state index contributed by atoms with van der Waals surface area (Å²) < 4.78 is 2.55. The summed E-state index contributed by atoms with van der Waals surface area (Å²) >= 11 is 0. The molecule has 0 saturated carbocycles. The fraction of sp³-hybridized carbons (Fsp3) is 0.400. The molecular weight excluding hydrogens is 554 g/mol. The van der Waals surface area contributed by atoms with E-state index in [1.54, 1.807) is 12.1 Å². The molecule has 5 aromatic rings. The van der Waals surface area contributed by atoms with Crippen molar-refractivity contribution in [3.63, 3.8) is 0 Å². The third-order valence-corrected chi connectivity index (χ3v) is 9.06. The van der Waals surface area contributed by atoms with E-state index in [2.05, 4.69) is 71.8 Å². The van der Waals surface area contributed by atoms with Gasteiger partial charge in [0.05, 0.1) is 10.4 Å². The van der Waals surface area contributed by atoms with Crippen LogP contribution in [0.25, 0.3) is 21.8 Å². The number of unbranched alkanes of at least 4 members (excludes halogenated alkanes) is 10. The monoisotopic (exact) mass is 603 g/mol. The van der Waals surface area contributed by atoms with E-state index in [1.165, 1.54) is 104 Å². The molecule has 4 aromatic carbocycles. The van der Waals surface area contributed by atoms with E-state index in [0.29, 0.717) is 0 Å². The van der Waals surface area contributed by atoms with Gasteiger partial charge in [-0.1, -0.05) is 114 Å². The van der Waals surface area contributed by atoms with Crippen molar-refractivity contribution < 1.29 is 4.92 Å². The quantitative estimate of drug-likeness (QED) is 0.0569. The lowest BCUT2D eigenvalue weighted by molar-refractivity contribution is -0.384. The summed E-state index contributed by atoms with van der Waals surface area (Å²) in [6.45, 7) is 5.55. The van der Waals surface area contributed by atoms with Gasteiger partial charge in [0.1, 0.15) is 0 Å². The number of non-ortho nitro benzene ring substituents is 1. The summed E-state index contributed by atoms with van der Waals surface area (Å²) in [6.07, 6.45) is 16.6. The Hall–Kier alpha value is -4.12. The number of rotatable bonds is 18. The summed E-state index contributed by atoms with van der Waals surface area (Å²) in [5, 5.41) is 14.0. The molecule has 5 nitrogen and oxygen atoms in total. The van der Waals surface area contributed by atoms with E-state index < -0.39 is 0 Å². The lowest BCUT2D eigenvalue weighted by atomic mass is 10.0. The van der Waals surface area contributed by atoms with Crippen LogP contribution < -0.4 is 4.90 Å². The third kappa shape index (κ3) is 8.13. The number of nitro groups is 1. The van der Waals surface area contributed by atoms with Crippen LogP contribution in [0.15, 0.2) is 91.0 Å². The summed E-state index contributed by atoms with van der Waals surface area (Å²) in [5.41, 5.74) is 7.06. The molecule has 0 unspecified atom stereocenters. The number of benzene rings is 4. The van der Waals surface area contributed by atoms with Crippen LogP contribution in [0.3, 0.4) is 0 Å². The van der Waals surface area contributed by atoms with Crippen LogP contribution in [0.2, 0.25) is 0 Å². The lowest BCUT2D eigenvalue weighted by Crippen LogP contribution is -2.10. The molecule has 0 radical (unpaired) electrons. The largest absolute Gasteiger partial charge is 0.340 e. The molecule has 0 spiro atoms. The number of fused-ring (bicyclic) bond motifs is 3. The highest BCUT2D eigenvalue weighted by atomic mass is 16.6. The molecule has 0 amide bonds. The Balaban J connectivity index is 1.52. The molecule has 0 atom stereocenters. The molecule has 1 heterocycles. The summed E-state index contributed by atoms with van der Waals surface area (Å²) in [5.74, 6) is 0. The van der Waals surface area contributed by atoms with Gasteiger partial charge < -0.3 is 9.47 Å². The predicted molar refractivity (Wildman–Crippen MR) is 191 cm³/mol. The Morgan fingerprint density at radius 1 is 0.600 bits per heavy atom. The predicted octanol–water partition coefficient (Wildman–Crippen LogP) is 12.4. The highest BCUT2D eigenvalue weighted by Gasteiger charge is 2.18. The molecule has 5 heteroatoms. The van der Waals surface area contributed by atoms with Gasteiger partial charge in [0.2, 0.25) is 0 Å². The fourth-order valence-corrected chi connectivity index (χ4v) is 6.57. The van der Waals surface area contributed by atoms with Gasteiger partial charge in [-0.15, -0.1) is 0 Å². The maximum Gasteiger partial charge on any atom is 0.269 e. The first-order chi connectivity index (χ1) is 22.1. The van der Waals surface area contributed by atoms with E-state index >= 15 is 0 Å². The number of aromatic nitrogens is 1. The zero-order chi connectivity index (χ0) is 31.4. The molecule has 0 aliphatic carbocycles. The summed E-state index contributed by atoms with van der Waals surface area (Å²) in [6, 6.07) is 31.0. The minimum Gasteiger partial charge on any atom is -0.340 e. The van der Waals surface area contributed by atoms with Gasteiger partial charge in [-0.2, -0.15) is 0 Å². The molecule has 1 aromatic heterocycles. The van der Waals surface area contributed by atoms with E-state index in [9.17, 15) is 10.1 Å². The van der Waals surface area contributed by atoms with Crippen LogP contribution in [0.5, 0.6) is 0 Å². The number of aryl methyl sites for hydroxylation is 2. The SMILES string of the molecule is CCCCCCCCc1ccc2c3ccc(N(c4ccccc4)c4ccc([N+](=O)[O-])cc4)cc3n(CCCCCCCC)c2c1. The van der Waals surface area contributed by atoms with Crippen LogP contribution in [0.1, 0.15) is 96.5 Å². The summed E-state index contributed by atoms with van der Waals surface area (Å²) in [7, 11) is 0. The third-order valence-electron chi connectivity index (χ3n) is 9.06. The van der Waals surface area contributed by atoms with Crippen LogP contribution in [-0.4, -0.2) is 9.49 Å². The number of nitrogens with zero attached hydrogens (tertiary/aromatic N) is 3. The maximum absolute atomic E-state index is 11.4. The van der Waals surface area contributed by atoms with Crippen molar-refractivity contribution in [2.45, 2.75) is 104 Å². The molecular formula is C40H49N3O2. The summed E-state index contributed by atoms with van der Waals surface area (Å²) in [4.78, 5) is 13.2. The number of nitro benzene ring substituents is 1. The van der Waals surface area contributed by atoms with Gasteiger partial charge in [-0.05, 0) is 67.3 Å². The normalized spacial score (nSPS) is 11.4. The van der Waals surface area contributed by atoms with E-state index in [-0.39, 0.29) is 10.6 Å². The molecule has 236 valence electrons. The second-order valence-corrected chi connectivity index (χ2v) is 12.4. The number of hydrogen-bond donors (Lipinski definition) is 0. The topological polar surface area (TPSA) is 51.3 Å². The molecule has 0 saturated heterocycles. The number of para-hydroxylation sites is 1. The second kappa shape index (κ2) is 16.3. The van der Waals surface area contributed by atoms with Gasteiger partial charge in [0.25, 0.3) is 5.69 Å². The zero-order valence-corrected chi connectivity index (χ0v) is 27.2. The van der Waals surface area contributed by atoms with E-state index in [0.717, 1.165) is 30.0 Å². The fourth-order valence-electron chi connectivity index (χ4n) is 6.57. The molecule has 0 N–H and O–H groups in total. The number of hydrogen-bond acceptors (Lipinski definition) is 3. The van der Waals surface area contributed by atoms with Crippen molar-refractivity contribution in [1.82, 2.24) is 4.57 Å². The van der Waals surface area contributed by atoms with Crippen molar-refractivity contribution in [3.05, 3.63) is 107 Å². The molecule has 0 aliphatic rings. The van der Waals surface area contributed by atoms with Gasteiger partial charge >= 0.3 is 0 Å². The Kier molecular flexibility index (Phi) is 11.7. The van der Waals surface area contributed by atoms with E-state index in [4.69, 9.17) is 0 Å². The van der Waals surface area contributed by atoms with Crippen molar-refractivity contribution in [2.24, 2.45) is 0 Å². The molecule has 0 aliphatic heterocycles. The van der Waals surface area contributed by atoms with Crippen molar-refractivity contribution in [2.75, 3.05) is 4.90 Å². The van der Waals surface area contributed by atoms with Crippen molar-refractivity contribution >= 4 is 44.6 Å². The van der Waals surface area contributed by atoms with Gasteiger partial charge in [0, 0.05) is 52.0 Å². The first-order valence-electron chi connectivity index (χ1n) is 17.2. The maximum atomic E-state index is 11.4. The first kappa shape index (κ1) is 32.3. The molecule has 0 fully saturated rings. The van der Waals surface area contributed by atoms with Crippen molar-refractivity contribution in [3.8, 4) is 0 Å². The highest BCUT2D eigenvalue weighted by molar-refractivity contribution is 6.09. The molecule has 5 rings (SSSR count). The minimum absolute atomic E-state index is 0.0954. The first-order valence-corrected chi connectivity index (χ1v) is 17.2. The highest BCUT2D eigenvalue weighted by Crippen LogP contribution is 2.39.